The summed E-state index contributed by atoms with van der Waals surface area (Å²) < 4.78 is 20.6. The summed E-state index contributed by atoms with van der Waals surface area (Å²) in [6.07, 6.45) is 3.82. The van der Waals surface area contributed by atoms with E-state index >= 15 is 4.39 Å². The summed E-state index contributed by atoms with van der Waals surface area (Å²) in [5.41, 5.74) is 1.47. The number of Topliss-reactive ketones (excluding diaryl/α,β-unsaturated/α-hetero) is 2. The van der Waals surface area contributed by atoms with E-state index in [0.29, 0.717) is 28.3 Å². The fourth-order valence-corrected chi connectivity index (χ4v) is 6.90. The van der Waals surface area contributed by atoms with Crippen LogP contribution >= 0.6 is 0 Å². The Bertz CT molecular complexity index is 1780. The SMILES string of the molecule is COc1cccc(C(=O)[C@@H]2[C@H](C(=O)c3ccccc3F)N3c4ccccc4C=C[C@H]3[C@@]23C(=O)Nc2ccccc23)c1. The van der Waals surface area contributed by atoms with E-state index in [1.165, 1.54) is 25.3 Å². The van der Waals surface area contributed by atoms with E-state index in [1.807, 2.05) is 59.5 Å². The third kappa shape index (κ3) is 3.45. The molecule has 1 amide bonds. The van der Waals surface area contributed by atoms with E-state index in [4.69, 9.17) is 4.74 Å². The van der Waals surface area contributed by atoms with Crippen LogP contribution in [-0.4, -0.2) is 36.7 Å². The van der Waals surface area contributed by atoms with Gasteiger partial charge in [0, 0.05) is 16.9 Å². The molecule has 0 bridgehead atoms. The van der Waals surface area contributed by atoms with Crippen molar-refractivity contribution in [2.24, 2.45) is 5.92 Å². The van der Waals surface area contributed by atoms with Gasteiger partial charge in [0.05, 0.1) is 24.6 Å². The number of para-hydroxylation sites is 2. The topological polar surface area (TPSA) is 75.7 Å². The van der Waals surface area contributed by atoms with Crippen LogP contribution in [0.3, 0.4) is 0 Å². The number of hydrogen-bond acceptors (Lipinski definition) is 5. The maximum atomic E-state index is 15.2. The van der Waals surface area contributed by atoms with Crippen molar-refractivity contribution in [2.75, 3.05) is 17.3 Å². The number of ketones is 2. The number of rotatable bonds is 5. The minimum absolute atomic E-state index is 0.129. The van der Waals surface area contributed by atoms with Crippen LogP contribution in [0.25, 0.3) is 6.08 Å². The minimum Gasteiger partial charge on any atom is -0.497 e. The lowest BCUT2D eigenvalue weighted by atomic mass is 9.64. The molecule has 3 heterocycles. The van der Waals surface area contributed by atoms with Crippen LogP contribution in [0.5, 0.6) is 5.75 Å². The largest absolute Gasteiger partial charge is 0.497 e. The van der Waals surface area contributed by atoms with Gasteiger partial charge in [-0.1, -0.05) is 72.8 Å². The van der Waals surface area contributed by atoms with Gasteiger partial charge >= 0.3 is 0 Å². The normalized spacial score (nSPS) is 23.5. The van der Waals surface area contributed by atoms with Gasteiger partial charge in [0.25, 0.3) is 0 Å². The molecule has 7 heteroatoms. The fraction of sp³-hybridized carbons (Fsp3) is 0.147. The van der Waals surface area contributed by atoms with E-state index in [9.17, 15) is 14.4 Å². The van der Waals surface area contributed by atoms with Gasteiger partial charge in [0.1, 0.15) is 23.0 Å². The summed E-state index contributed by atoms with van der Waals surface area (Å²) in [6, 6.07) is 25.4. The Kier molecular flexibility index (Phi) is 5.64. The second kappa shape index (κ2) is 9.27. The second-order valence-corrected chi connectivity index (χ2v) is 10.5. The number of nitrogens with zero attached hydrogens (tertiary/aromatic N) is 1. The molecule has 0 saturated carbocycles. The Labute approximate surface area is 236 Å². The first-order valence-corrected chi connectivity index (χ1v) is 13.4. The van der Waals surface area contributed by atoms with Crippen molar-refractivity contribution >= 4 is 34.9 Å². The molecule has 1 fully saturated rings. The van der Waals surface area contributed by atoms with Crippen molar-refractivity contribution in [3.05, 3.63) is 131 Å². The van der Waals surface area contributed by atoms with Crippen molar-refractivity contribution in [3.63, 3.8) is 0 Å². The smallest absolute Gasteiger partial charge is 0.238 e. The number of nitrogens with one attached hydrogen (secondary N) is 1. The minimum atomic E-state index is -1.47. The van der Waals surface area contributed by atoms with Crippen molar-refractivity contribution < 1.29 is 23.5 Å². The summed E-state index contributed by atoms with van der Waals surface area (Å²) in [5, 5.41) is 2.99. The summed E-state index contributed by atoms with van der Waals surface area (Å²) >= 11 is 0. The van der Waals surface area contributed by atoms with E-state index in [1.54, 1.807) is 36.4 Å². The Morgan fingerprint density at radius 1 is 0.902 bits per heavy atom. The predicted octanol–water partition coefficient (Wildman–Crippen LogP) is 5.69. The van der Waals surface area contributed by atoms with Gasteiger partial charge in [-0.25, -0.2) is 4.39 Å². The molecule has 7 rings (SSSR count). The van der Waals surface area contributed by atoms with Crippen LogP contribution in [-0.2, 0) is 10.2 Å². The molecule has 41 heavy (non-hydrogen) atoms. The number of halogens is 1. The molecule has 1 saturated heterocycles. The maximum Gasteiger partial charge on any atom is 0.238 e. The number of methoxy groups -OCH3 is 1. The van der Waals surface area contributed by atoms with Crippen LogP contribution in [0.4, 0.5) is 15.8 Å². The van der Waals surface area contributed by atoms with E-state index in [-0.39, 0.29) is 11.5 Å². The lowest BCUT2D eigenvalue weighted by molar-refractivity contribution is -0.121. The number of fused-ring (bicyclic) bond motifs is 6. The van der Waals surface area contributed by atoms with Gasteiger partial charge in [-0.2, -0.15) is 0 Å². The molecule has 6 nitrogen and oxygen atoms in total. The zero-order valence-electron chi connectivity index (χ0n) is 22.1. The number of hydrogen-bond donors (Lipinski definition) is 1. The Morgan fingerprint density at radius 2 is 1.66 bits per heavy atom. The van der Waals surface area contributed by atoms with Crippen LogP contribution in [0.2, 0.25) is 0 Å². The monoisotopic (exact) mass is 544 g/mol. The molecule has 3 aliphatic rings. The predicted molar refractivity (Wildman–Crippen MR) is 154 cm³/mol. The summed E-state index contributed by atoms with van der Waals surface area (Å²) in [5.74, 6) is -2.73. The molecular formula is C34H25FN2O4. The van der Waals surface area contributed by atoms with E-state index < -0.39 is 40.8 Å². The van der Waals surface area contributed by atoms with Crippen LogP contribution < -0.4 is 15.0 Å². The molecule has 0 radical (unpaired) electrons. The van der Waals surface area contributed by atoms with Crippen molar-refractivity contribution in [1.82, 2.24) is 0 Å². The Hall–Kier alpha value is -5.04. The molecule has 1 spiro atoms. The molecule has 4 aromatic carbocycles. The average Bonchev–Trinajstić information content (AvgIpc) is 3.49. The van der Waals surface area contributed by atoms with E-state index in [2.05, 4.69) is 5.32 Å². The third-order valence-electron chi connectivity index (χ3n) is 8.59. The zero-order valence-corrected chi connectivity index (χ0v) is 22.1. The van der Waals surface area contributed by atoms with Crippen molar-refractivity contribution in [1.29, 1.82) is 0 Å². The van der Waals surface area contributed by atoms with Crippen LogP contribution in [0, 0.1) is 11.7 Å². The first-order valence-electron chi connectivity index (χ1n) is 13.4. The van der Waals surface area contributed by atoms with E-state index in [0.717, 1.165) is 5.56 Å². The molecule has 4 aromatic rings. The number of amides is 1. The molecule has 1 N–H and O–H groups in total. The molecule has 0 unspecified atom stereocenters. The molecule has 202 valence electrons. The number of anilines is 2. The zero-order chi connectivity index (χ0) is 28.3. The Balaban J connectivity index is 1.55. The number of carbonyl (C=O) groups excluding carboxylic acids is 3. The highest BCUT2D eigenvalue weighted by molar-refractivity contribution is 6.18. The highest BCUT2D eigenvalue weighted by Crippen LogP contribution is 2.58. The standard InChI is InChI=1S/C34H25FN2O4/c1-41-22-11-8-10-21(19-22)31(38)29-30(32(39)23-12-3-5-14-25(23)35)37-27-16-7-2-9-20(27)17-18-28(37)34(29)24-13-4-6-15-26(24)36-33(34)40/h2-19,28-30H,1H3,(H,36,40)/t28-,29-,30+,34+/m0/s1. The van der Waals surface area contributed by atoms with Gasteiger partial charge in [-0.15, -0.1) is 0 Å². The molecule has 0 aromatic heterocycles. The number of ether oxygens (including phenoxy) is 1. The average molecular weight is 545 g/mol. The Morgan fingerprint density at radius 3 is 2.49 bits per heavy atom. The van der Waals surface area contributed by atoms with Crippen molar-refractivity contribution in [2.45, 2.75) is 17.5 Å². The summed E-state index contributed by atoms with van der Waals surface area (Å²) in [6.45, 7) is 0. The van der Waals surface area contributed by atoms with Gasteiger partial charge in [-0.05, 0) is 47.5 Å². The first kappa shape index (κ1) is 25.0. The van der Waals surface area contributed by atoms with Crippen LogP contribution in [0.1, 0.15) is 31.8 Å². The number of carbonyl (C=O) groups is 3. The van der Waals surface area contributed by atoms with Gasteiger partial charge in [0.15, 0.2) is 11.6 Å². The lowest BCUT2D eigenvalue weighted by Gasteiger charge is -2.37. The fourth-order valence-electron chi connectivity index (χ4n) is 6.90. The highest BCUT2D eigenvalue weighted by Gasteiger charge is 2.70. The molecule has 0 aliphatic carbocycles. The van der Waals surface area contributed by atoms with Gasteiger partial charge in [0.2, 0.25) is 5.91 Å². The number of benzene rings is 4. The maximum absolute atomic E-state index is 15.2. The quantitative estimate of drug-likeness (QED) is 0.327. The second-order valence-electron chi connectivity index (χ2n) is 10.5. The first-order chi connectivity index (χ1) is 20.0. The lowest BCUT2D eigenvalue weighted by Crippen LogP contribution is -2.51. The molecule has 4 atom stereocenters. The summed E-state index contributed by atoms with van der Waals surface area (Å²) in [4.78, 5) is 45.5. The van der Waals surface area contributed by atoms with Crippen molar-refractivity contribution in [3.8, 4) is 5.75 Å². The van der Waals surface area contributed by atoms with Gasteiger partial charge < -0.3 is 15.0 Å². The molecular weight excluding hydrogens is 519 g/mol. The molecule has 3 aliphatic heterocycles. The third-order valence-corrected chi connectivity index (χ3v) is 8.59. The highest BCUT2D eigenvalue weighted by atomic mass is 19.1. The summed E-state index contributed by atoms with van der Waals surface area (Å²) in [7, 11) is 1.51. The van der Waals surface area contributed by atoms with Gasteiger partial charge in [-0.3, -0.25) is 14.4 Å². The van der Waals surface area contributed by atoms with Crippen LogP contribution in [0.15, 0.2) is 103 Å².